The third-order valence-electron chi connectivity index (χ3n) is 4.06. The molecule has 0 aliphatic carbocycles. The Balaban J connectivity index is 1.59. The Bertz CT molecular complexity index is 958. The Morgan fingerprint density at radius 2 is 2.10 bits per heavy atom. The molecular weight excluding hydrogens is 390 g/mol. The fourth-order valence-corrected chi connectivity index (χ4v) is 2.96. The number of hydrogen-bond donors (Lipinski definition) is 1. The van der Waals surface area contributed by atoms with Crippen LogP contribution in [-0.2, 0) is 11.3 Å². The first-order valence-corrected chi connectivity index (χ1v) is 9.38. The van der Waals surface area contributed by atoms with E-state index in [0.717, 1.165) is 11.3 Å². The molecule has 0 aliphatic heterocycles. The number of rotatable bonds is 9. The smallest absolute Gasteiger partial charge is 0.238 e. The number of hydrogen-bond acceptors (Lipinski definition) is 5. The Kier molecular flexibility index (Phi) is 6.99. The lowest BCUT2D eigenvalue weighted by Gasteiger charge is -2.18. The van der Waals surface area contributed by atoms with E-state index >= 15 is 0 Å². The van der Waals surface area contributed by atoms with Gasteiger partial charge in [-0.2, -0.15) is 5.10 Å². The van der Waals surface area contributed by atoms with E-state index < -0.39 is 0 Å². The first-order valence-electron chi connectivity index (χ1n) is 9.00. The number of amides is 1. The Hall–Kier alpha value is -3.16. The first kappa shape index (κ1) is 20.6. The lowest BCUT2D eigenvalue weighted by Crippen LogP contribution is -2.30. The van der Waals surface area contributed by atoms with Crippen LogP contribution in [0.3, 0.4) is 0 Å². The van der Waals surface area contributed by atoms with Crippen molar-refractivity contribution in [2.75, 3.05) is 25.5 Å². The summed E-state index contributed by atoms with van der Waals surface area (Å²) in [7, 11) is 1.89. The zero-order valence-corrected chi connectivity index (χ0v) is 16.8. The largest absolute Gasteiger partial charge is 0.490 e. The van der Waals surface area contributed by atoms with Gasteiger partial charge in [0.25, 0.3) is 0 Å². The number of aromatic nitrogens is 3. The monoisotopic (exact) mass is 411 g/mol. The Labute approximate surface area is 174 Å². The van der Waals surface area contributed by atoms with Crippen LogP contribution in [0.2, 0.25) is 5.02 Å². The fraction of sp³-hybridized carbons (Fsp3) is 0.190. The number of carbonyl (C=O) groups excluding carboxylic acids is 1. The first-order chi connectivity index (χ1) is 14.0. The minimum atomic E-state index is -0.151. The van der Waals surface area contributed by atoms with Gasteiger partial charge in [-0.25, -0.2) is 9.67 Å². The van der Waals surface area contributed by atoms with E-state index in [-0.39, 0.29) is 12.5 Å². The van der Waals surface area contributed by atoms with Crippen LogP contribution < -0.4 is 10.1 Å². The van der Waals surface area contributed by atoms with Gasteiger partial charge in [-0.3, -0.25) is 9.69 Å². The van der Waals surface area contributed by atoms with E-state index in [1.807, 2.05) is 36.2 Å². The van der Waals surface area contributed by atoms with Crippen molar-refractivity contribution in [3.8, 4) is 11.4 Å². The van der Waals surface area contributed by atoms with Gasteiger partial charge in [0.2, 0.25) is 5.91 Å². The molecule has 29 heavy (non-hydrogen) atoms. The molecular formula is C21H22ClN5O2. The highest BCUT2D eigenvalue weighted by atomic mass is 35.5. The molecule has 1 heterocycles. The molecule has 0 atom stereocenters. The number of nitrogens with zero attached hydrogens (tertiary/aromatic N) is 4. The summed E-state index contributed by atoms with van der Waals surface area (Å²) in [6, 6.07) is 13.0. The summed E-state index contributed by atoms with van der Waals surface area (Å²) >= 11 is 6.10. The summed E-state index contributed by atoms with van der Waals surface area (Å²) in [5, 5.41) is 7.54. The molecule has 3 aromatic rings. The van der Waals surface area contributed by atoms with Gasteiger partial charge in [0.05, 0.1) is 17.9 Å². The molecule has 8 heteroatoms. The normalized spacial score (nSPS) is 10.7. The van der Waals surface area contributed by atoms with Crippen molar-refractivity contribution in [1.29, 1.82) is 0 Å². The van der Waals surface area contributed by atoms with Crippen molar-refractivity contribution < 1.29 is 9.53 Å². The molecule has 0 aliphatic rings. The van der Waals surface area contributed by atoms with Gasteiger partial charge in [0, 0.05) is 11.6 Å². The zero-order chi connectivity index (χ0) is 20.6. The van der Waals surface area contributed by atoms with E-state index in [1.165, 1.54) is 6.33 Å². The third kappa shape index (κ3) is 5.91. The molecule has 2 aromatic carbocycles. The second-order valence-corrected chi connectivity index (χ2v) is 6.90. The summed E-state index contributed by atoms with van der Waals surface area (Å²) in [4.78, 5) is 18.4. The minimum absolute atomic E-state index is 0.151. The van der Waals surface area contributed by atoms with Crippen molar-refractivity contribution >= 4 is 23.2 Å². The van der Waals surface area contributed by atoms with Gasteiger partial charge in [-0.15, -0.1) is 0 Å². The molecule has 1 amide bonds. The molecule has 150 valence electrons. The Morgan fingerprint density at radius 3 is 2.79 bits per heavy atom. The molecule has 0 bridgehead atoms. The minimum Gasteiger partial charge on any atom is -0.490 e. The number of likely N-dealkylation sites (N-methyl/N-ethyl adjacent to an activating group) is 1. The van der Waals surface area contributed by atoms with Gasteiger partial charge in [0.15, 0.2) is 0 Å². The Morgan fingerprint density at radius 1 is 1.31 bits per heavy atom. The maximum absolute atomic E-state index is 12.5. The highest BCUT2D eigenvalue weighted by Crippen LogP contribution is 2.24. The van der Waals surface area contributed by atoms with Gasteiger partial charge in [-0.1, -0.05) is 36.4 Å². The van der Waals surface area contributed by atoms with Gasteiger partial charge in [0.1, 0.15) is 25.0 Å². The van der Waals surface area contributed by atoms with Crippen molar-refractivity contribution in [2.45, 2.75) is 6.54 Å². The standard InChI is InChI=1S/C21H22ClN5O2/c1-3-10-29-18-7-4-16(5-8-18)12-26(2)13-21(28)25-19-11-17(22)6-9-20(19)27-15-23-14-24-27/h3-9,11,14-15H,1,10,12-13H2,2H3,(H,25,28). The van der Waals surface area contributed by atoms with E-state index in [2.05, 4.69) is 22.0 Å². The van der Waals surface area contributed by atoms with E-state index in [0.29, 0.717) is 29.5 Å². The average molecular weight is 412 g/mol. The topological polar surface area (TPSA) is 72.3 Å². The molecule has 1 N–H and O–H groups in total. The van der Waals surface area contributed by atoms with Crippen LogP contribution in [0.5, 0.6) is 5.75 Å². The molecule has 0 fully saturated rings. The van der Waals surface area contributed by atoms with E-state index in [4.69, 9.17) is 16.3 Å². The fourth-order valence-electron chi connectivity index (χ4n) is 2.79. The van der Waals surface area contributed by atoms with Crippen LogP contribution in [0.4, 0.5) is 5.69 Å². The predicted molar refractivity (Wildman–Crippen MR) is 113 cm³/mol. The summed E-state index contributed by atoms with van der Waals surface area (Å²) in [6.45, 7) is 4.95. The van der Waals surface area contributed by atoms with Gasteiger partial charge in [-0.05, 0) is 42.9 Å². The predicted octanol–water partition coefficient (Wildman–Crippen LogP) is 3.56. The second kappa shape index (κ2) is 9.86. The number of nitrogens with one attached hydrogen (secondary N) is 1. The maximum Gasteiger partial charge on any atom is 0.238 e. The molecule has 0 unspecified atom stereocenters. The maximum atomic E-state index is 12.5. The van der Waals surface area contributed by atoms with Gasteiger partial charge >= 0.3 is 0 Å². The molecule has 0 saturated carbocycles. The highest BCUT2D eigenvalue weighted by Gasteiger charge is 2.12. The summed E-state index contributed by atoms with van der Waals surface area (Å²) < 4.78 is 7.05. The van der Waals surface area contributed by atoms with Crippen LogP contribution in [0.1, 0.15) is 5.56 Å². The number of benzene rings is 2. The lowest BCUT2D eigenvalue weighted by atomic mass is 10.2. The zero-order valence-electron chi connectivity index (χ0n) is 16.1. The number of halogens is 1. The number of anilines is 1. The van der Waals surface area contributed by atoms with Crippen LogP contribution >= 0.6 is 11.6 Å². The number of ether oxygens (including phenoxy) is 1. The molecule has 0 spiro atoms. The van der Waals surface area contributed by atoms with Gasteiger partial charge < -0.3 is 10.1 Å². The molecule has 0 saturated heterocycles. The van der Waals surface area contributed by atoms with E-state index in [1.54, 1.807) is 35.3 Å². The molecule has 1 aromatic heterocycles. The molecule has 7 nitrogen and oxygen atoms in total. The second-order valence-electron chi connectivity index (χ2n) is 6.47. The van der Waals surface area contributed by atoms with Crippen LogP contribution in [0.15, 0.2) is 67.8 Å². The number of carbonyl (C=O) groups is 1. The SMILES string of the molecule is C=CCOc1ccc(CN(C)CC(=O)Nc2cc(Cl)ccc2-n2cncn2)cc1. The quantitative estimate of drug-likeness (QED) is 0.545. The summed E-state index contributed by atoms with van der Waals surface area (Å²) in [5.74, 6) is 0.637. The van der Waals surface area contributed by atoms with Crippen LogP contribution in [0.25, 0.3) is 5.69 Å². The highest BCUT2D eigenvalue weighted by molar-refractivity contribution is 6.31. The summed E-state index contributed by atoms with van der Waals surface area (Å²) in [6.07, 6.45) is 4.70. The lowest BCUT2D eigenvalue weighted by molar-refractivity contribution is -0.117. The average Bonchev–Trinajstić information content (AvgIpc) is 3.22. The summed E-state index contributed by atoms with van der Waals surface area (Å²) in [5.41, 5.74) is 2.35. The van der Waals surface area contributed by atoms with Crippen molar-refractivity contribution in [1.82, 2.24) is 19.7 Å². The van der Waals surface area contributed by atoms with Crippen LogP contribution in [-0.4, -0.2) is 45.8 Å². The van der Waals surface area contributed by atoms with Crippen molar-refractivity contribution in [2.24, 2.45) is 0 Å². The van der Waals surface area contributed by atoms with Crippen LogP contribution in [0, 0.1) is 0 Å². The van der Waals surface area contributed by atoms with E-state index in [9.17, 15) is 4.79 Å². The third-order valence-corrected chi connectivity index (χ3v) is 4.29. The molecule has 0 radical (unpaired) electrons. The molecule has 3 rings (SSSR count). The van der Waals surface area contributed by atoms with Crippen molar-refractivity contribution in [3.05, 3.63) is 78.4 Å². The van der Waals surface area contributed by atoms with Crippen molar-refractivity contribution in [3.63, 3.8) is 0 Å².